The number of carbonyl (C=O) groups excluding carboxylic acids is 1. The molecule has 0 saturated carbocycles. The Hall–Kier alpha value is -2.04. The molecule has 20 heavy (non-hydrogen) atoms. The van der Waals surface area contributed by atoms with E-state index in [9.17, 15) is 9.59 Å². The molecule has 5 nitrogen and oxygen atoms in total. The summed E-state index contributed by atoms with van der Waals surface area (Å²) in [5, 5.41) is 8.77. The molecule has 0 aliphatic rings. The van der Waals surface area contributed by atoms with Gasteiger partial charge in [0.05, 0.1) is 6.42 Å². The van der Waals surface area contributed by atoms with E-state index in [1.165, 1.54) is 0 Å². The van der Waals surface area contributed by atoms with Gasteiger partial charge in [0.15, 0.2) is 0 Å². The third kappa shape index (κ3) is 4.26. The number of hydrogen-bond donors (Lipinski definition) is 1. The Balaban J connectivity index is 2.85. The van der Waals surface area contributed by atoms with Crippen LogP contribution in [-0.2, 0) is 4.79 Å². The zero-order valence-corrected chi connectivity index (χ0v) is 12.5. The number of carboxylic acids is 1. The highest BCUT2D eigenvalue weighted by atomic mass is 16.4. The monoisotopic (exact) mass is 278 g/mol. The lowest BCUT2D eigenvalue weighted by molar-refractivity contribution is -0.137. The van der Waals surface area contributed by atoms with Crippen LogP contribution in [0.2, 0.25) is 0 Å². The molecule has 0 aliphatic heterocycles. The molecule has 0 unspecified atom stereocenters. The minimum atomic E-state index is -0.901. The molecular formula is C15H22N2O3. The van der Waals surface area contributed by atoms with E-state index in [1.807, 2.05) is 45.0 Å². The van der Waals surface area contributed by atoms with Crippen molar-refractivity contribution in [2.24, 2.45) is 0 Å². The van der Waals surface area contributed by atoms with Crippen molar-refractivity contribution in [3.05, 3.63) is 29.8 Å². The Morgan fingerprint density at radius 1 is 1.30 bits per heavy atom. The summed E-state index contributed by atoms with van der Waals surface area (Å²) in [7, 11) is 1.70. The van der Waals surface area contributed by atoms with Gasteiger partial charge in [-0.15, -0.1) is 0 Å². The number of nitrogens with zero attached hydrogens (tertiary/aromatic N) is 2. The summed E-state index contributed by atoms with van der Waals surface area (Å²) < 4.78 is 0. The van der Waals surface area contributed by atoms with Crippen molar-refractivity contribution in [2.75, 3.05) is 18.5 Å². The maximum atomic E-state index is 12.5. The van der Waals surface area contributed by atoms with E-state index in [4.69, 9.17) is 5.11 Å². The summed E-state index contributed by atoms with van der Waals surface area (Å²) in [6, 6.07) is 7.41. The average Bonchev–Trinajstić information content (AvgIpc) is 2.37. The van der Waals surface area contributed by atoms with Crippen LogP contribution in [0.25, 0.3) is 0 Å². The molecule has 0 saturated heterocycles. The lowest BCUT2D eigenvalue weighted by atomic mass is 10.2. The molecule has 0 spiro atoms. The normalized spacial score (nSPS) is 10.4. The first-order chi connectivity index (χ1) is 9.32. The Kier molecular flexibility index (Phi) is 5.55. The molecule has 5 heteroatoms. The minimum Gasteiger partial charge on any atom is -0.481 e. The summed E-state index contributed by atoms with van der Waals surface area (Å²) in [6.07, 6.45) is -0.0500. The molecule has 0 aliphatic carbocycles. The zero-order chi connectivity index (χ0) is 15.3. The number of amides is 2. The zero-order valence-electron chi connectivity index (χ0n) is 12.5. The minimum absolute atomic E-state index is 0.0471. The molecule has 110 valence electrons. The second-order valence-electron chi connectivity index (χ2n) is 5.11. The average molecular weight is 278 g/mol. The van der Waals surface area contributed by atoms with Gasteiger partial charge in [-0.05, 0) is 38.5 Å². The molecule has 1 aromatic rings. The quantitative estimate of drug-likeness (QED) is 0.901. The van der Waals surface area contributed by atoms with Crippen LogP contribution >= 0.6 is 0 Å². The van der Waals surface area contributed by atoms with Crippen molar-refractivity contribution in [3.63, 3.8) is 0 Å². The van der Waals surface area contributed by atoms with Crippen molar-refractivity contribution in [2.45, 2.75) is 33.2 Å². The van der Waals surface area contributed by atoms with Gasteiger partial charge in [0, 0.05) is 25.3 Å². The molecule has 0 heterocycles. The summed E-state index contributed by atoms with van der Waals surface area (Å²) in [6.45, 7) is 5.93. The standard InChI is InChI=1S/C15H22N2O3/c1-11(2)17(9-8-14(18)19)15(20)16(4)13-7-5-6-12(3)10-13/h5-7,10-11H,8-9H2,1-4H3,(H,18,19). The molecular weight excluding hydrogens is 256 g/mol. The Labute approximate surface area is 119 Å². The molecule has 0 aromatic heterocycles. The summed E-state index contributed by atoms with van der Waals surface area (Å²) in [4.78, 5) is 26.3. The third-order valence-electron chi connectivity index (χ3n) is 3.11. The maximum absolute atomic E-state index is 12.5. The van der Waals surface area contributed by atoms with Crippen molar-refractivity contribution >= 4 is 17.7 Å². The van der Waals surface area contributed by atoms with Gasteiger partial charge >= 0.3 is 12.0 Å². The number of aryl methyl sites for hydroxylation is 1. The number of carbonyl (C=O) groups is 2. The van der Waals surface area contributed by atoms with Gasteiger partial charge in [0.25, 0.3) is 0 Å². The summed E-state index contributed by atoms with van der Waals surface area (Å²) >= 11 is 0. The predicted molar refractivity (Wildman–Crippen MR) is 79.1 cm³/mol. The van der Waals surface area contributed by atoms with E-state index in [-0.39, 0.29) is 25.0 Å². The van der Waals surface area contributed by atoms with Crippen LogP contribution in [0.15, 0.2) is 24.3 Å². The SMILES string of the molecule is Cc1cccc(N(C)C(=O)N(CCC(=O)O)C(C)C)c1. The molecule has 0 atom stereocenters. The van der Waals surface area contributed by atoms with Crippen LogP contribution in [0.3, 0.4) is 0 Å². The van der Waals surface area contributed by atoms with E-state index in [2.05, 4.69) is 0 Å². The molecule has 1 aromatic carbocycles. The van der Waals surface area contributed by atoms with E-state index >= 15 is 0 Å². The van der Waals surface area contributed by atoms with Gasteiger partial charge < -0.3 is 10.0 Å². The highest BCUT2D eigenvalue weighted by Crippen LogP contribution is 2.17. The number of anilines is 1. The number of carboxylic acid groups (broad SMARTS) is 1. The maximum Gasteiger partial charge on any atom is 0.324 e. The van der Waals surface area contributed by atoms with Gasteiger partial charge in [-0.1, -0.05) is 12.1 Å². The van der Waals surface area contributed by atoms with Crippen LogP contribution in [0, 0.1) is 6.92 Å². The van der Waals surface area contributed by atoms with Crippen LogP contribution < -0.4 is 4.90 Å². The van der Waals surface area contributed by atoms with Gasteiger partial charge in [-0.2, -0.15) is 0 Å². The van der Waals surface area contributed by atoms with Crippen LogP contribution in [0.5, 0.6) is 0 Å². The highest BCUT2D eigenvalue weighted by Gasteiger charge is 2.22. The topological polar surface area (TPSA) is 60.9 Å². The molecule has 2 amide bonds. The summed E-state index contributed by atoms with van der Waals surface area (Å²) in [5.41, 5.74) is 1.87. The predicted octanol–water partition coefficient (Wildman–Crippen LogP) is 2.74. The molecule has 1 N–H and O–H groups in total. The first-order valence-corrected chi connectivity index (χ1v) is 6.65. The highest BCUT2D eigenvalue weighted by molar-refractivity contribution is 5.91. The fourth-order valence-electron chi connectivity index (χ4n) is 1.93. The van der Waals surface area contributed by atoms with E-state index in [0.29, 0.717) is 0 Å². The van der Waals surface area contributed by atoms with Gasteiger partial charge in [-0.25, -0.2) is 4.79 Å². The molecule has 0 radical (unpaired) electrons. The number of benzene rings is 1. The summed E-state index contributed by atoms with van der Waals surface area (Å²) in [5.74, 6) is -0.901. The van der Waals surface area contributed by atoms with E-state index in [1.54, 1.807) is 16.8 Å². The number of aliphatic carboxylic acids is 1. The Bertz CT molecular complexity index is 486. The molecule has 0 fully saturated rings. The fraction of sp³-hybridized carbons (Fsp3) is 0.467. The van der Waals surface area contributed by atoms with Gasteiger partial charge in [0.1, 0.15) is 0 Å². The van der Waals surface area contributed by atoms with Crippen molar-refractivity contribution in [3.8, 4) is 0 Å². The molecule has 1 rings (SSSR count). The smallest absolute Gasteiger partial charge is 0.324 e. The van der Waals surface area contributed by atoms with E-state index < -0.39 is 5.97 Å². The van der Waals surface area contributed by atoms with Crippen LogP contribution in [-0.4, -0.2) is 41.6 Å². The van der Waals surface area contributed by atoms with Gasteiger partial charge in [0.2, 0.25) is 0 Å². The van der Waals surface area contributed by atoms with E-state index in [0.717, 1.165) is 11.3 Å². The van der Waals surface area contributed by atoms with Crippen molar-refractivity contribution in [1.82, 2.24) is 4.90 Å². The lowest BCUT2D eigenvalue weighted by Crippen LogP contribution is -2.45. The Morgan fingerprint density at radius 2 is 1.95 bits per heavy atom. The van der Waals surface area contributed by atoms with Crippen LogP contribution in [0.1, 0.15) is 25.8 Å². The fourth-order valence-corrected chi connectivity index (χ4v) is 1.93. The van der Waals surface area contributed by atoms with Gasteiger partial charge in [-0.3, -0.25) is 9.69 Å². The number of rotatable bonds is 5. The molecule has 0 bridgehead atoms. The second kappa shape index (κ2) is 6.93. The Morgan fingerprint density at radius 3 is 2.45 bits per heavy atom. The number of urea groups is 1. The second-order valence-corrected chi connectivity index (χ2v) is 5.11. The first kappa shape index (κ1) is 16.0. The van der Waals surface area contributed by atoms with Crippen LogP contribution in [0.4, 0.5) is 10.5 Å². The lowest BCUT2D eigenvalue weighted by Gasteiger charge is -2.31. The third-order valence-corrected chi connectivity index (χ3v) is 3.11. The van der Waals surface area contributed by atoms with Crippen molar-refractivity contribution < 1.29 is 14.7 Å². The first-order valence-electron chi connectivity index (χ1n) is 6.65. The van der Waals surface area contributed by atoms with Crippen molar-refractivity contribution in [1.29, 1.82) is 0 Å². The largest absolute Gasteiger partial charge is 0.481 e. The number of hydrogen-bond acceptors (Lipinski definition) is 2.